The number of esters is 1. The molecule has 0 fully saturated rings. The molecule has 0 saturated carbocycles. The standard InChI is InChI=1S/C20H19ClN4O2/c1-4-27-20(26)18-16-7-12-9-22-19(11(2)3)24-17(12)14-8-13(21)5-6-15(14)25(16)10-23-18/h5-6,8-11H,4,7H2,1-3H3. The fourth-order valence-corrected chi connectivity index (χ4v) is 3.44. The van der Waals surface area contributed by atoms with Crippen LogP contribution in [0.2, 0.25) is 5.02 Å². The van der Waals surface area contributed by atoms with Gasteiger partial charge in [0.05, 0.1) is 23.7 Å². The topological polar surface area (TPSA) is 69.9 Å². The first-order chi connectivity index (χ1) is 13.0. The molecule has 0 atom stereocenters. The van der Waals surface area contributed by atoms with Crippen LogP contribution in [-0.2, 0) is 11.2 Å². The van der Waals surface area contributed by atoms with E-state index in [0.717, 1.165) is 34.0 Å². The summed E-state index contributed by atoms with van der Waals surface area (Å²) in [6, 6.07) is 5.64. The highest BCUT2D eigenvalue weighted by atomic mass is 35.5. The van der Waals surface area contributed by atoms with E-state index in [1.165, 1.54) is 0 Å². The zero-order valence-electron chi connectivity index (χ0n) is 15.4. The van der Waals surface area contributed by atoms with Gasteiger partial charge in [-0.2, -0.15) is 0 Å². The lowest BCUT2D eigenvalue weighted by Gasteiger charge is -2.12. The predicted molar refractivity (Wildman–Crippen MR) is 102 cm³/mol. The summed E-state index contributed by atoms with van der Waals surface area (Å²) in [4.78, 5) is 26.0. The number of carbonyl (C=O) groups excluding carboxylic acids is 1. The van der Waals surface area contributed by atoms with Crippen LogP contribution >= 0.6 is 11.6 Å². The van der Waals surface area contributed by atoms with E-state index >= 15 is 0 Å². The number of halogens is 1. The number of hydrogen-bond donors (Lipinski definition) is 0. The molecule has 6 nitrogen and oxygen atoms in total. The Kier molecular flexibility index (Phi) is 4.44. The number of rotatable bonds is 3. The highest BCUT2D eigenvalue weighted by molar-refractivity contribution is 6.31. The molecule has 3 aromatic rings. The highest BCUT2D eigenvalue weighted by Gasteiger charge is 2.27. The van der Waals surface area contributed by atoms with E-state index in [9.17, 15) is 4.79 Å². The molecular formula is C20H19ClN4O2. The molecule has 7 heteroatoms. The van der Waals surface area contributed by atoms with Crippen molar-refractivity contribution in [3.63, 3.8) is 0 Å². The molecule has 0 radical (unpaired) electrons. The molecule has 1 aromatic carbocycles. The number of imidazole rings is 1. The number of fused-ring (bicyclic) bond motifs is 5. The third-order valence-corrected chi connectivity index (χ3v) is 4.80. The van der Waals surface area contributed by atoms with E-state index in [0.29, 0.717) is 23.7 Å². The number of benzene rings is 1. The van der Waals surface area contributed by atoms with E-state index in [2.05, 4.69) is 23.8 Å². The summed E-state index contributed by atoms with van der Waals surface area (Å²) < 4.78 is 7.08. The van der Waals surface area contributed by atoms with Gasteiger partial charge in [-0.15, -0.1) is 0 Å². The summed E-state index contributed by atoms with van der Waals surface area (Å²) in [6.45, 7) is 6.20. The van der Waals surface area contributed by atoms with Crippen LogP contribution in [0, 0.1) is 0 Å². The molecule has 1 aliphatic rings. The van der Waals surface area contributed by atoms with E-state index in [4.69, 9.17) is 21.3 Å². The lowest BCUT2D eigenvalue weighted by molar-refractivity contribution is 0.0519. The minimum Gasteiger partial charge on any atom is -0.461 e. The minimum absolute atomic E-state index is 0.205. The zero-order chi connectivity index (χ0) is 19.1. The molecule has 0 unspecified atom stereocenters. The van der Waals surface area contributed by atoms with Gasteiger partial charge < -0.3 is 9.30 Å². The summed E-state index contributed by atoms with van der Waals surface area (Å²) in [5, 5.41) is 0.624. The fourth-order valence-electron chi connectivity index (χ4n) is 3.27. The van der Waals surface area contributed by atoms with Crippen LogP contribution in [0.15, 0.2) is 30.7 Å². The molecule has 0 aliphatic carbocycles. The molecule has 0 N–H and O–H groups in total. The number of hydrogen-bond acceptors (Lipinski definition) is 5. The van der Waals surface area contributed by atoms with Crippen LogP contribution in [0.3, 0.4) is 0 Å². The van der Waals surface area contributed by atoms with Crippen LogP contribution < -0.4 is 0 Å². The summed E-state index contributed by atoms with van der Waals surface area (Å²) in [7, 11) is 0. The van der Waals surface area contributed by atoms with Crippen LogP contribution in [0.1, 0.15) is 54.3 Å². The van der Waals surface area contributed by atoms with E-state index in [-0.39, 0.29) is 5.92 Å². The molecule has 27 heavy (non-hydrogen) atoms. The largest absolute Gasteiger partial charge is 0.461 e. The Bertz CT molecular complexity index is 1040. The normalized spacial score (nSPS) is 12.2. The van der Waals surface area contributed by atoms with Gasteiger partial charge in [-0.25, -0.2) is 19.7 Å². The van der Waals surface area contributed by atoms with Crippen molar-refractivity contribution in [2.24, 2.45) is 0 Å². The molecule has 0 amide bonds. The van der Waals surface area contributed by atoms with Gasteiger partial charge in [0.2, 0.25) is 0 Å². The Morgan fingerprint density at radius 1 is 1.33 bits per heavy atom. The molecule has 1 aliphatic heterocycles. The van der Waals surface area contributed by atoms with Gasteiger partial charge in [-0.05, 0) is 25.1 Å². The first kappa shape index (κ1) is 17.7. The molecule has 0 bridgehead atoms. The first-order valence-corrected chi connectivity index (χ1v) is 9.26. The monoisotopic (exact) mass is 382 g/mol. The SMILES string of the molecule is CCOC(=O)c1ncn2c1Cc1cnc(C(C)C)nc1-c1cc(Cl)ccc1-2. The van der Waals surface area contributed by atoms with Gasteiger partial charge in [0.1, 0.15) is 12.2 Å². The Morgan fingerprint density at radius 3 is 2.89 bits per heavy atom. The van der Waals surface area contributed by atoms with Crippen LogP contribution in [-0.4, -0.2) is 32.1 Å². The Hall–Kier alpha value is -2.73. The summed E-state index contributed by atoms with van der Waals surface area (Å²) >= 11 is 6.28. The van der Waals surface area contributed by atoms with Crippen molar-refractivity contribution >= 4 is 17.6 Å². The predicted octanol–water partition coefficient (Wildman–Crippen LogP) is 4.19. The number of carbonyl (C=O) groups is 1. The van der Waals surface area contributed by atoms with Gasteiger partial charge >= 0.3 is 5.97 Å². The van der Waals surface area contributed by atoms with Crippen molar-refractivity contribution in [1.82, 2.24) is 19.5 Å². The Morgan fingerprint density at radius 2 is 2.15 bits per heavy atom. The number of ether oxygens (including phenoxy) is 1. The maximum absolute atomic E-state index is 12.4. The maximum atomic E-state index is 12.4. The van der Waals surface area contributed by atoms with Gasteiger partial charge in [-0.1, -0.05) is 25.4 Å². The lowest BCUT2D eigenvalue weighted by Crippen LogP contribution is -2.10. The van der Waals surface area contributed by atoms with Gasteiger partial charge in [0.25, 0.3) is 0 Å². The second kappa shape index (κ2) is 6.78. The molecule has 3 heterocycles. The molecule has 0 spiro atoms. The lowest BCUT2D eigenvalue weighted by atomic mass is 10.0. The smallest absolute Gasteiger partial charge is 0.358 e. The first-order valence-electron chi connectivity index (χ1n) is 8.89. The fraction of sp³-hybridized carbons (Fsp3) is 0.300. The van der Waals surface area contributed by atoms with Crippen molar-refractivity contribution < 1.29 is 9.53 Å². The van der Waals surface area contributed by atoms with Crippen molar-refractivity contribution in [3.05, 3.63) is 58.5 Å². The molecule has 2 aromatic heterocycles. The average Bonchev–Trinajstić information content (AvgIpc) is 3.00. The van der Waals surface area contributed by atoms with Crippen molar-refractivity contribution in [2.45, 2.75) is 33.1 Å². The minimum atomic E-state index is -0.426. The van der Waals surface area contributed by atoms with E-state index in [1.807, 2.05) is 29.0 Å². The molecule has 0 saturated heterocycles. The summed E-state index contributed by atoms with van der Waals surface area (Å²) in [5.74, 6) is 0.553. The Labute approximate surface area is 162 Å². The van der Waals surface area contributed by atoms with Gasteiger partial charge in [0, 0.05) is 34.7 Å². The molecule has 138 valence electrons. The summed E-state index contributed by atoms with van der Waals surface area (Å²) in [6.07, 6.45) is 3.96. The van der Waals surface area contributed by atoms with Crippen molar-refractivity contribution in [3.8, 4) is 16.9 Å². The molecular weight excluding hydrogens is 364 g/mol. The quantitative estimate of drug-likeness (QED) is 0.497. The average molecular weight is 383 g/mol. The van der Waals surface area contributed by atoms with Crippen LogP contribution in [0.5, 0.6) is 0 Å². The second-order valence-corrected chi connectivity index (χ2v) is 7.16. The molecule has 4 rings (SSSR count). The second-order valence-electron chi connectivity index (χ2n) is 6.73. The van der Waals surface area contributed by atoms with Gasteiger partial charge in [-0.3, -0.25) is 0 Å². The van der Waals surface area contributed by atoms with E-state index in [1.54, 1.807) is 13.3 Å². The third-order valence-electron chi connectivity index (χ3n) is 4.57. The van der Waals surface area contributed by atoms with E-state index < -0.39 is 5.97 Å². The maximum Gasteiger partial charge on any atom is 0.358 e. The number of aromatic nitrogens is 4. The van der Waals surface area contributed by atoms with Crippen LogP contribution in [0.25, 0.3) is 16.9 Å². The van der Waals surface area contributed by atoms with Gasteiger partial charge in [0.15, 0.2) is 5.69 Å². The Balaban J connectivity index is 1.98. The summed E-state index contributed by atoms with van der Waals surface area (Å²) in [5.41, 5.74) is 4.62. The van der Waals surface area contributed by atoms with Crippen LogP contribution in [0.4, 0.5) is 0 Å². The van der Waals surface area contributed by atoms with Crippen molar-refractivity contribution in [1.29, 1.82) is 0 Å². The third kappa shape index (κ3) is 3.00. The highest BCUT2D eigenvalue weighted by Crippen LogP contribution is 2.36. The number of nitrogens with zero attached hydrogens (tertiary/aromatic N) is 4. The zero-order valence-corrected chi connectivity index (χ0v) is 16.1. The van der Waals surface area contributed by atoms with Crippen molar-refractivity contribution in [2.75, 3.05) is 6.61 Å².